The number of thiophene rings is 1. The molecule has 0 saturated carbocycles. The number of anilines is 1. The lowest BCUT2D eigenvalue weighted by atomic mass is 10.1. The topological polar surface area (TPSA) is 103 Å². The van der Waals surface area contributed by atoms with E-state index in [4.69, 9.17) is 27.4 Å². The maximum atomic E-state index is 12.4. The minimum Gasteiger partial charge on any atom is -0.491 e. The van der Waals surface area contributed by atoms with Gasteiger partial charge in [0.2, 0.25) is 0 Å². The molecule has 4 N–H and O–H groups in total. The molecule has 0 fully saturated rings. The summed E-state index contributed by atoms with van der Waals surface area (Å²) >= 11 is 6.60. The predicted octanol–water partition coefficient (Wildman–Crippen LogP) is 2.87. The van der Waals surface area contributed by atoms with Crippen LogP contribution in [0.25, 0.3) is 0 Å². The number of hydrogen-bond donors (Lipinski definition) is 3. The van der Waals surface area contributed by atoms with E-state index >= 15 is 0 Å². The van der Waals surface area contributed by atoms with Crippen LogP contribution in [-0.2, 0) is 11.2 Å². The SMILES string of the molecule is CCc1c(C)sc(NC(=S)NC(=O)c2ccc(OCCOC)cc2)c1C(N)=O. The average Bonchev–Trinajstić information content (AvgIpc) is 2.97. The van der Waals surface area contributed by atoms with Crippen LogP contribution in [0.5, 0.6) is 5.75 Å². The zero-order valence-electron chi connectivity index (χ0n) is 16.0. The Labute approximate surface area is 173 Å². The van der Waals surface area contributed by atoms with Gasteiger partial charge < -0.3 is 20.5 Å². The molecule has 0 spiro atoms. The lowest BCUT2D eigenvalue weighted by Crippen LogP contribution is -2.34. The highest BCUT2D eigenvalue weighted by molar-refractivity contribution is 7.80. The van der Waals surface area contributed by atoms with Crippen LogP contribution >= 0.6 is 23.6 Å². The van der Waals surface area contributed by atoms with Crippen molar-refractivity contribution in [2.45, 2.75) is 20.3 Å². The Kier molecular flexibility index (Phi) is 7.91. The van der Waals surface area contributed by atoms with E-state index in [1.165, 1.54) is 11.3 Å². The van der Waals surface area contributed by atoms with Gasteiger partial charge in [-0.15, -0.1) is 11.3 Å². The minimum atomic E-state index is -0.526. The molecule has 0 atom stereocenters. The molecule has 150 valence electrons. The van der Waals surface area contributed by atoms with Crippen molar-refractivity contribution in [2.24, 2.45) is 5.73 Å². The number of primary amides is 1. The van der Waals surface area contributed by atoms with Crippen LogP contribution in [0.1, 0.15) is 38.1 Å². The molecule has 28 heavy (non-hydrogen) atoms. The van der Waals surface area contributed by atoms with E-state index in [1.54, 1.807) is 31.4 Å². The van der Waals surface area contributed by atoms with Crippen molar-refractivity contribution in [3.05, 3.63) is 45.8 Å². The fourth-order valence-corrected chi connectivity index (χ4v) is 4.02. The second-order valence-corrected chi connectivity index (χ2v) is 7.47. The number of aryl methyl sites for hydroxylation is 1. The van der Waals surface area contributed by atoms with E-state index < -0.39 is 5.91 Å². The molecule has 2 amide bonds. The monoisotopic (exact) mass is 421 g/mol. The Morgan fingerprint density at radius 3 is 2.46 bits per heavy atom. The molecule has 0 aliphatic heterocycles. The molecule has 9 heteroatoms. The molecule has 2 rings (SSSR count). The van der Waals surface area contributed by atoms with Crippen molar-refractivity contribution in [2.75, 3.05) is 25.6 Å². The van der Waals surface area contributed by atoms with E-state index in [9.17, 15) is 9.59 Å². The summed E-state index contributed by atoms with van der Waals surface area (Å²) in [6.07, 6.45) is 0.681. The highest BCUT2D eigenvalue weighted by atomic mass is 32.1. The first-order valence-electron chi connectivity index (χ1n) is 8.63. The average molecular weight is 422 g/mol. The maximum Gasteiger partial charge on any atom is 0.257 e. The van der Waals surface area contributed by atoms with Crippen LogP contribution in [0.2, 0.25) is 0 Å². The zero-order chi connectivity index (χ0) is 20.7. The quantitative estimate of drug-likeness (QED) is 0.447. The third kappa shape index (κ3) is 5.51. The highest BCUT2D eigenvalue weighted by Crippen LogP contribution is 2.33. The number of rotatable bonds is 8. The number of ether oxygens (including phenoxy) is 2. The van der Waals surface area contributed by atoms with Crippen LogP contribution < -0.4 is 21.1 Å². The summed E-state index contributed by atoms with van der Waals surface area (Å²) in [4.78, 5) is 25.2. The van der Waals surface area contributed by atoms with Crippen molar-refractivity contribution in [1.82, 2.24) is 5.32 Å². The molecule has 0 bridgehead atoms. The molecule has 1 heterocycles. The predicted molar refractivity (Wildman–Crippen MR) is 114 cm³/mol. The van der Waals surface area contributed by atoms with Crippen molar-refractivity contribution < 1.29 is 19.1 Å². The number of carbonyl (C=O) groups excluding carboxylic acids is 2. The van der Waals surface area contributed by atoms with E-state index in [2.05, 4.69) is 10.6 Å². The number of hydrogen-bond acceptors (Lipinski definition) is 6. The molecule has 0 unspecified atom stereocenters. The fourth-order valence-electron chi connectivity index (χ4n) is 2.61. The molecule has 0 radical (unpaired) electrons. The lowest BCUT2D eigenvalue weighted by Gasteiger charge is -2.10. The van der Waals surface area contributed by atoms with E-state index in [-0.39, 0.29) is 11.0 Å². The summed E-state index contributed by atoms with van der Waals surface area (Å²) in [6.45, 7) is 4.78. The van der Waals surface area contributed by atoms with Crippen molar-refractivity contribution in [1.29, 1.82) is 0 Å². The van der Waals surface area contributed by atoms with Crippen LogP contribution in [-0.4, -0.2) is 37.3 Å². The standard InChI is InChI=1S/C19H23N3O4S2/c1-4-14-11(2)28-18(15(14)16(20)23)22-19(27)21-17(24)12-5-7-13(8-6-12)26-10-9-25-3/h5-8H,4,9-10H2,1-3H3,(H2,20,23)(H2,21,22,24,27). The molecule has 1 aromatic heterocycles. The van der Waals surface area contributed by atoms with Gasteiger partial charge in [0.1, 0.15) is 17.4 Å². The number of carbonyl (C=O) groups is 2. The second kappa shape index (κ2) is 10.2. The van der Waals surface area contributed by atoms with Gasteiger partial charge in [-0.05, 0) is 55.4 Å². The normalized spacial score (nSPS) is 10.4. The van der Waals surface area contributed by atoms with Gasteiger partial charge in [0, 0.05) is 17.6 Å². The third-order valence-corrected chi connectivity index (χ3v) is 5.20. The summed E-state index contributed by atoms with van der Waals surface area (Å²) in [5.74, 6) is -0.256. The van der Waals surface area contributed by atoms with E-state index in [1.807, 2.05) is 13.8 Å². The van der Waals surface area contributed by atoms with Gasteiger partial charge in [-0.2, -0.15) is 0 Å². The second-order valence-electron chi connectivity index (χ2n) is 5.83. The van der Waals surface area contributed by atoms with Crippen LogP contribution in [0.3, 0.4) is 0 Å². The minimum absolute atomic E-state index is 0.0943. The first-order chi connectivity index (χ1) is 13.4. The van der Waals surface area contributed by atoms with Gasteiger partial charge in [-0.1, -0.05) is 6.92 Å². The summed E-state index contributed by atoms with van der Waals surface area (Å²) < 4.78 is 10.4. The lowest BCUT2D eigenvalue weighted by molar-refractivity contribution is 0.0975. The molecular weight excluding hydrogens is 398 g/mol. The Hall–Kier alpha value is -2.49. The Morgan fingerprint density at radius 2 is 1.89 bits per heavy atom. The highest BCUT2D eigenvalue weighted by Gasteiger charge is 2.20. The maximum absolute atomic E-state index is 12.4. The number of amides is 2. The summed E-state index contributed by atoms with van der Waals surface area (Å²) in [5, 5.41) is 6.15. The van der Waals surface area contributed by atoms with Gasteiger partial charge in [0.05, 0.1) is 12.2 Å². The fraction of sp³-hybridized carbons (Fsp3) is 0.316. The Balaban J connectivity index is 2.01. The van der Waals surface area contributed by atoms with Gasteiger partial charge in [0.15, 0.2) is 5.11 Å². The molecule has 0 aliphatic carbocycles. The van der Waals surface area contributed by atoms with Crippen molar-refractivity contribution in [3.63, 3.8) is 0 Å². The summed E-state index contributed by atoms with van der Waals surface area (Å²) in [6, 6.07) is 6.67. The molecule has 0 saturated heterocycles. The van der Waals surface area contributed by atoms with Gasteiger partial charge in [0.25, 0.3) is 11.8 Å². The molecule has 2 aromatic rings. The summed E-state index contributed by atoms with van der Waals surface area (Å²) in [5.41, 5.74) is 7.24. The van der Waals surface area contributed by atoms with Crippen LogP contribution in [0.15, 0.2) is 24.3 Å². The number of nitrogens with one attached hydrogen (secondary N) is 2. The van der Waals surface area contributed by atoms with E-state index in [0.717, 1.165) is 10.4 Å². The largest absolute Gasteiger partial charge is 0.491 e. The molecular formula is C19H23N3O4S2. The van der Waals surface area contributed by atoms with Crippen LogP contribution in [0, 0.1) is 6.92 Å². The third-order valence-electron chi connectivity index (χ3n) is 3.94. The van der Waals surface area contributed by atoms with Gasteiger partial charge >= 0.3 is 0 Å². The number of methoxy groups -OCH3 is 1. The van der Waals surface area contributed by atoms with Gasteiger partial charge in [-0.25, -0.2) is 0 Å². The first-order valence-corrected chi connectivity index (χ1v) is 9.86. The Bertz CT molecular complexity index is 863. The Morgan fingerprint density at radius 1 is 1.21 bits per heavy atom. The summed E-state index contributed by atoms with van der Waals surface area (Å²) in [7, 11) is 1.60. The number of benzene rings is 1. The van der Waals surface area contributed by atoms with Crippen molar-refractivity contribution in [3.8, 4) is 5.75 Å². The molecule has 0 aliphatic rings. The van der Waals surface area contributed by atoms with E-state index in [0.29, 0.717) is 41.5 Å². The van der Waals surface area contributed by atoms with Crippen molar-refractivity contribution >= 4 is 45.5 Å². The number of thiocarbonyl (C=S) groups is 1. The van der Waals surface area contributed by atoms with Crippen LogP contribution in [0.4, 0.5) is 5.00 Å². The smallest absolute Gasteiger partial charge is 0.257 e. The molecule has 1 aromatic carbocycles. The van der Waals surface area contributed by atoms with Gasteiger partial charge in [-0.3, -0.25) is 14.9 Å². The number of nitrogens with two attached hydrogens (primary N) is 1. The first kappa shape index (κ1) is 21.8. The zero-order valence-corrected chi connectivity index (χ0v) is 17.6. The molecule has 7 nitrogen and oxygen atoms in total.